The molecule has 2 nitrogen and oxygen atoms in total. The third-order valence-corrected chi connectivity index (χ3v) is 4.36. The average molecular weight is 272 g/mol. The number of hydrogen-bond acceptors (Lipinski definition) is 2. The first kappa shape index (κ1) is 13.8. The van der Waals surface area contributed by atoms with Crippen molar-refractivity contribution >= 4 is 25.0 Å². The zero-order valence-corrected chi connectivity index (χ0v) is 12.4. The molecule has 1 unspecified atom stereocenters. The van der Waals surface area contributed by atoms with E-state index in [-0.39, 0.29) is 5.78 Å². The summed E-state index contributed by atoms with van der Waals surface area (Å²) in [6.45, 7) is 3.64. The van der Waals surface area contributed by atoms with E-state index in [1.54, 1.807) is 14.0 Å². The fourth-order valence-electron chi connectivity index (χ4n) is 2.07. The third kappa shape index (κ3) is 3.02. The standard InChI is InChI=1S/C16H17O2P/c1-11-7-6-10-15(16(11)18-3)19-14-9-5-4-8-13(14)12(2)17/h4-10,19H,1-3H3. The number of carbonyl (C=O) groups is 1. The maximum Gasteiger partial charge on any atom is 0.160 e. The van der Waals surface area contributed by atoms with Gasteiger partial charge in [0, 0.05) is 10.9 Å². The molecule has 0 amide bonds. The van der Waals surface area contributed by atoms with Gasteiger partial charge < -0.3 is 4.74 Å². The molecular formula is C16H17O2P. The molecule has 0 N–H and O–H groups in total. The summed E-state index contributed by atoms with van der Waals surface area (Å²) in [5.41, 5.74) is 1.91. The van der Waals surface area contributed by atoms with Gasteiger partial charge in [0.2, 0.25) is 0 Å². The topological polar surface area (TPSA) is 26.3 Å². The van der Waals surface area contributed by atoms with Crippen molar-refractivity contribution in [2.24, 2.45) is 0 Å². The SMILES string of the molecule is COc1c(C)cccc1Pc1ccccc1C(C)=O. The second kappa shape index (κ2) is 5.99. The summed E-state index contributed by atoms with van der Waals surface area (Å²) in [4.78, 5) is 11.7. The van der Waals surface area contributed by atoms with Crippen LogP contribution in [0.1, 0.15) is 22.8 Å². The van der Waals surface area contributed by atoms with Crippen LogP contribution in [0.3, 0.4) is 0 Å². The number of benzene rings is 2. The van der Waals surface area contributed by atoms with E-state index in [1.807, 2.05) is 43.3 Å². The molecule has 0 heterocycles. The smallest absolute Gasteiger partial charge is 0.160 e. The average Bonchev–Trinajstić information content (AvgIpc) is 2.39. The van der Waals surface area contributed by atoms with Crippen LogP contribution in [0, 0.1) is 6.92 Å². The van der Waals surface area contributed by atoms with Gasteiger partial charge in [-0.1, -0.05) is 51.0 Å². The summed E-state index contributed by atoms with van der Waals surface area (Å²) in [6.07, 6.45) is 0. The van der Waals surface area contributed by atoms with Crippen molar-refractivity contribution in [3.63, 3.8) is 0 Å². The summed E-state index contributed by atoms with van der Waals surface area (Å²) < 4.78 is 5.47. The Morgan fingerprint density at radius 1 is 1.05 bits per heavy atom. The lowest BCUT2D eigenvalue weighted by molar-refractivity contribution is 0.101. The number of Topliss-reactive ketones (excluding diaryl/α,β-unsaturated/α-hetero) is 1. The molecule has 0 saturated carbocycles. The Kier molecular flexibility index (Phi) is 4.34. The highest BCUT2D eigenvalue weighted by molar-refractivity contribution is 7.56. The van der Waals surface area contributed by atoms with Gasteiger partial charge in [0.1, 0.15) is 5.75 Å². The number of rotatable bonds is 4. The molecule has 98 valence electrons. The number of carbonyl (C=O) groups excluding carboxylic acids is 1. The highest BCUT2D eigenvalue weighted by atomic mass is 31.1. The Bertz CT molecular complexity index is 605. The van der Waals surface area contributed by atoms with E-state index in [9.17, 15) is 4.79 Å². The van der Waals surface area contributed by atoms with Crippen molar-refractivity contribution < 1.29 is 9.53 Å². The van der Waals surface area contributed by atoms with Crippen LogP contribution in [-0.2, 0) is 0 Å². The lowest BCUT2D eigenvalue weighted by Crippen LogP contribution is -2.13. The Balaban J connectivity index is 2.42. The van der Waals surface area contributed by atoms with E-state index in [1.165, 1.54) is 0 Å². The molecule has 0 saturated heterocycles. The second-order valence-corrected chi connectivity index (χ2v) is 5.71. The van der Waals surface area contributed by atoms with E-state index in [0.29, 0.717) is 8.58 Å². The molecule has 19 heavy (non-hydrogen) atoms. The second-order valence-electron chi connectivity index (χ2n) is 4.38. The fraction of sp³-hybridized carbons (Fsp3) is 0.188. The van der Waals surface area contributed by atoms with Gasteiger partial charge in [-0.3, -0.25) is 4.79 Å². The predicted molar refractivity (Wildman–Crippen MR) is 81.8 cm³/mol. The molecule has 0 fully saturated rings. The zero-order valence-electron chi connectivity index (χ0n) is 11.4. The minimum atomic E-state index is 0.106. The first-order valence-electron chi connectivity index (χ1n) is 6.14. The Labute approximate surface area is 115 Å². The zero-order chi connectivity index (χ0) is 13.8. The summed E-state index contributed by atoms with van der Waals surface area (Å²) >= 11 is 0. The quantitative estimate of drug-likeness (QED) is 0.632. The van der Waals surface area contributed by atoms with E-state index in [4.69, 9.17) is 4.74 Å². The summed E-state index contributed by atoms with van der Waals surface area (Å²) in [5, 5.41) is 2.20. The molecule has 1 atom stereocenters. The number of aryl methyl sites for hydroxylation is 1. The number of hydrogen-bond donors (Lipinski definition) is 0. The molecule has 2 rings (SSSR count). The summed E-state index contributed by atoms with van der Waals surface area (Å²) in [6, 6.07) is 13.9. The van der Waals surface area contributed by atoms with Crippen molar-refractivity contribution in [3.8, 4) is 5.75 Å². The van der Waals surface area contributed by atoms with Crippen LogP contribution in [0.15, 0.2) is 42.5 Å². The molecule has 0 aliphatic heterocycles. The largest absolute Gasteiger partial charge is 0.496 e. The van der Waals surface area contributed by atoms with Crippen LogP contribution in [0.4, 0.5) is 0 Å². The van der Waals surface area contributed by atoms with Crippen LogP contribution in [0.5, 0.6) is 5.75 Å². The Morgan fingerprint density at radius 2 is 1.74 bits per heavy atom. The minimum absolute atomic E-state index is 0.106. The predicted octanol–water partition coefficient (Wildman–Crippen LogP) is 2.84. The summed E-state index contributed by atoms with van der Waals surface area (Å²) in [5.74, 6) is 1.02. The van der Waals surface area contributed by atoms with Gasteiger partial charge in [0.15, 0.2) is 5.78 Å². The maximum absolute atomic E-state index is 11.7. The molecule has 0 aromatic heterocycles. The monoisotopic (exact) mass is 272 g/mol. The van der Waals surface area contributed by atoms with Crippen molar-refractivity contribution in [1.82, 2.24) is 0 Å². The molecule has 2 aromatic carbocycles. The van der Waals surface area contributed by atoms with Gasteiger partial charge in [-0.25, -0.2) is 0 Å². The van der Waals surface area contributed by atoms with Gasteiger partial charge in [-0.15, -0.1) is 0 Å². The van der Waals surface area contributed by atoms with E-state index >= 15 is 0 Å². The van der Waals surface area contributed by atoms with Gasteiger partial charge >= 0.3 is 0 Å². The molecule has 2 aromatic rings. The Hall–Kier alpha value is -1.66. The van der Waals surface area contributed by atoms with Gasteiger partial charge in [-0.2, -0.15) is 0 Å². The molecule has 0 aliphatic carbocycles. The van der Waals surface area contributed by atoms with Crippen LogP contribution < -0.4 is 15.3 Å². The third-order valence-electron chi connectivity index (χ3n) is 2.99. The molecule has 0 spiro atoms. The number of para-hydroxylation sites is 1. The maximum atomic E-state index is 11.7. The Morgan fingerprint density at radius 3 is 2.42 bits per heavy atom. The van der Waals surface area contributed by atoms with E-state index in [2.05, 4.69) is 6.07 Å². The number of methoxy groups -OCH3 is 1. The van der Waals surface area contributed by atoms with Crippen LogP contribution in [-0.4, -0.2) is 12.9 Å². The lowest BCUT2D eigenvalue weighted by Gasteiger charge is -2.12. The first-order valence-corrected chi connectivity index (χ1v) is 7.14. The summed E-state index contributed by atoms with van der Waals surface area (Å²) in [7, 11) is 2.11. The molecule has 0 aliphatic rings. The lowest BCUT2D eigenvalue weighted by atomic mass is 10.1. The van der Waals surface area contributed by atoms with E-state index in [0.717, 1.165) is 27.5 Å². The molecular weight excluding hydrogens is 255 g/mol. The van der Waals surface area contributed by atoms with E-state index < -0.39 is 0 Å². The van der Waals surface area contributed by atoms with Gasteiger partial charge in [-0.05, 0) is 24.7 Å². The highest BCUT2D eigenvalue weighted by Gasteiger charge is 2.11. The highest BCUT2D eigenvalue weighted by Crippen LogP contribution is 2.23. The minimum Gasteiger partial charge on any atom is -0.496 e. The van der Waals surface area contributed by atoms with Crippen molar-refractivity contribution in [1.29, 1.82) is 0 Å². The fourth-order valence-corrected chi connectivity index (χ4v) is 3.52. The first-order chi connectivity index (χ1) is 9.13. The van der Waals surface area contributed by atoms with Gasteiger partial charge in [0.25, 0.3) is 0 Å². The van der Waals surface area contributed by atoms with Crippen LogP contribution in [0.25, 0.3) is 0 Å². The van der Waals surface area contributed by atoms with Gasteiger partial charge in [0.05, 0.1) is 7.11 Å². The van der Waals surface area contributed by atoms with Crippen LogP contribution in [0.2, 0.25) is 0 Å². The number of ether oxygens (including phenoxy) is 1. The molecule has 3 heteroatoms. The van der Waals surface area contributed by atoms with Crippen molar-refractivity contribution in [3.05, 3.63) is 53.6 Å². The molecule has 0 radical (unpaired) electrons. The van der Waals surface area contributed by atoms with Crippen LogP contribution >= 0.6 is 8.58 Å². The normalized spacial score (nSPS) is 10.9. The molecule has 0 bridgehead atoms. The van der Waals surface area contributed by atoms with Crippen molar-refractivity contribution in [2.75, 3.05) is 7.11 Å². The number of ketones is 1. The van der Waals surface area contributed by atoms with Crippen molar-refractivity contribution in [2.45, 2.75) is 13.8 Å².